The number of imide groups is 1. The number of urea groups is 2. The third kappa shape index (κ3) is 7.03. The van der Waals surface area contributed by atoms with Crippen LogP contribution in [0.15, 0.2) is 0 Å². The van der Waals surface area contributed by atoms with Crippen molar-refractivity contribution in [2.75, 3.05) is 19.6 Å². The Hall–Kier alpha value is -1.26. The van der Waals surface area contributed by atoms with Crippen LogP contribution in [0.3, 0.4) is 0 Å². The Balaban J connectivity index is 4.63. The van der Waals surface area contributed by atoms with E-state index >= 15 is 0 Å². The molecule has 0 fully saturated rings. The topological polar surface area (TPSA) is 66.6 Å². The third-order valence-corrected chi connectivity index (χ3v) is 3.07. The van der Waals surface area contributed by atoms with Gasteiger partial charge in [-0.2, -0.15) is 0 Å². The molecule has 0 aromatic rings. The predicted molar refractivity (Wildman–Crippen MR) is 78.0 cm³/mol. The van der Waals surface area contributed by atoms with E-state index in [0.717, 1.165) is 38.5 Å². The van der Waals surface area contributed by atoms with Gasteiger partial charge in [0, 0.05) is 19.6 Å². The van der Waals surface area contributed by atoms with Crippen LogP contribution in [0.1, 0.15) is 59.3 Å². The maximum absolute atomic E-state index is 12.4. The third-order valence-electron chi connectivity index (χ3n) is 3.07. The van der Waals surface area contributed by atoms with Crippen LogP contribution in [-0.2, 0) is 0 Å². The van der Waals surface area contributed by atoms with E-state index < -0.39 is 6.03 Å². The molecule has 0 saturated carbocycles. The first kappa shape index (κ1) is 17.7. The zero-order valence-electron chi connectivity index (χ0n) is 12.7. The fourth-order valence-corrected chi connectivity index (χ4v) is 1.79. The summed E-state index contributed by atoms with van der Waals surface area (Å²) in [5.41, 5.74) is 5.31. The number of primary amides is 1. The lowest BCUT2D eigenvalue weighted by molar-refractivity contribution is 0.155. The molecule has 0 aliphatic heterocycles. The molecule has 0 atom stereocenters. The number of nitrogens with zero attached hydrogens (tertiary/aromatic N) is 2. The molecule has 19 heavy (non-hydrogen) atoms. The van der Waals surface area contributed by atoms with Crippen LogP contribution >= 0.6 is 0 Å². The Morgan fingerprint density at radius 2 is 1.26 bits per heavy atom. The quantitative estimate of drug-likeness (QED) is 0.699. The van der Waals surface area contributed by atoms with Crippen molar-refractivity contribution in [1.29, 1.82) is 0 Å². The van der Waals surface area contributed by atoms with Crippen molar-refractivity contribution in [1.82, 2.24) is 9.80 Å². The summed E-state index contributed by atoms with van der Waals surface area (Å²) in [4.78, 5) is 26.7. The lowest BCUT2D eigenvalue weighted by atomic mass is 10.2. The highest BCUT2D eigenvalue weighted by Crippen LogP contribution is 2.06. The molecule has 0 unspecified atom stereocenters. The molecular formula is C14H29N3O2. The first-order chi connectivity index (χ1) is 9.08. The van der Waals surface area contributed by atoms with Gasteiger partial charge in [0.25, 0.3) is 0 Å². The number of unbranched alkanes of at least 4 members (excludes halogenated alkanes) is 3. The van der Waals surface area contributed by atoms with Crippen molar-refractivity contribution in [3.8, 4) is 0 Å². The monoisotopic (exact) mass is 271 g/mol. The second-order valence-electron chi connectivity index (χ2n) is 4.82. The molecular weight excluding hydrogens is 242 g/mol. The fraction of sp³-hybridized carbons (Fsp3) is 0.857. The largest absolute Gasteiger partial charge is 0.351 e. The first-order valence-electron chi connectivity index (χ1n) is 7.44. The van der Waals surface area contributed by atoms with E-state index in [9.17, 15) is 9.59 Å². The van der Waals surface area contributed by atoms with Crippen molar-refractivity contribution in [3.05, 3.63) is 0 Å². The van der Waals surface area contributed by atoms with Crippen molar-refractivity contribution < 1.29 is 9.59 Å². The second kappa shape index (κ2) is 10.6. The van der Waals surface area contributed by atoms with Crippen molar-refractivity contribution in [2.24, 2.45) is 5.73 Å². The molecule has 4 amide bonds. The fourth-order valence-electron chi connectivity index (χ4n) is 1.79. The van der Waals surface area contributed by atoms with E-state index in [0.29, 0.717) is 19.6 Å². The van der Waals surface area contributed by atoms with Gasteiger partial charge in [0.2, 0.25) is 0 Å². The Morgan fingerprint density at radius 3 is 1.63 bits per heavy atom. The van der Waals surface area contributed by atoms with Gasteiger partial charge in [0.05, 0.1) is 0 Å². The number of hydrogen-bond acceptors (Lipinski definition) is 2. The zero-order chi connectivity index (χ0) is 14.7. The van der Waals surface area contributed by atoms with Gasteiger partial charge in [-0.25, -0.2) is 14.5 Å². The normalized spacial score (nSPS) is 10.3. The van der Waals surface area contributed by atoms with E-state index in [1.54, 1.807) is 4.90 Å². The van der Waals surface area contributed by atoms with Crippen LogP contribution in [0, 0.1) is 0 Å². The van der Waals surface area contributed by atoms with E-state index in [4.69, 9.17) is 5.73 Å². The number of carbonyl (C=O) groups excluding carboxylic acids is 2. The van der Waals surface area contributed by atoms with E-state index in [1.807, 2.05) is 6.92 Å². The maximum atomic E-state index is 12.4. The highest BCUT2D eigenvalue weighted by molar-refractivity contribution is 5.92. The van der Waals surface area contributed by atoms with Gasteiger partial charge in [-0.15, -0.1) is 0 Å². The highest BCUT2D eigenvalue weighted by atomic mass is 16.2. The van der Waals surface area contributed by atoms with Gasteiger partial charge in [-0.1, -0.05) is 40.0 Å². The first-order valence-corrected chi connectivity index (χ1v) is 7.44. The maximum Gasteiger partial charge on any atom is 0.328 e. The molecule has 0 heterocycles. The minimum atomic E-state index is -0.642. The average molecular weight is 271 g/mol. The minimum absolute atomic E-state index is 0.233. The van der Waals surface area contributed by atoms with E-state index in [2.05, 4.69) is 13.8 Å². The molecule has 0 aromatic carbocycles. The van der Waals surface area contributed by atoms with Crippen LogP contribution < -0.4 is 5.73 Å². The molecule has 2 N–H and O–H groups in total. The molecule has 0 radical (unpaired) electrons. The Kier molecular flexibility index (Phi) is 9.94. The molecule has 0 aliphatic rings. The summed E-state index contributed by atoms with van der Waals surface area (Å²) < 4.78 is 0. The van der Waals surface area contributed by atoms with Crippen molar-refractivity contribution >= 4 is 12.1 Å². The molecule has 0 aliphatic carbocycles. The second-order valence-corrected chi connectivity index (χ2v) is 4.82. The number of carbonyl (C=O) groups is 2. The number of amides is 4. The standard InChI is InChI=1S/C14H29N3O2/c1-4-7-10-16(11-8-5-2)14(19)17(13(15)18)12-9-6-3/h4-12H2,1-3H3,(H2,15,18). The van der Waals surface area contributed by atoms with Crippen molar-refractivity contribution in [2.45, 2.75) is 59.3 Å². The lowest BCUT2D eigenvalue weighted by Gasteiger charge is -2.28. The SMILES string of the molecule is CCCCN(CCCC)C(=O)N(CCCC)C(N)=O. The number of hydrogen-bond donors (Lipinski definition) is 1. The summed E-state index contributed by atoms with van der Waals surface area (Å²) in [5.74, 6) is 0. The van der Waals surface area contributed by atoms with Crippen LogP contribution in [0.25, 0.3) is 0 Å². The number of rotatable bonds is 9. The van der Waals surface area contributed by atoms with E-state index in [-0.39, 0.29) is 6.03 Å². The van der Waals surface area contributed by atoms with Gasteiger partial charge >= 0.3 is 12.1 Å². The predicted octanol–water partition coefficient (Wildman–Crippen LogP) is 3.19. The van der Waals surface area contributed by atoms with Gasteiger partial charge < -0.3 is 10.6 Å². The van der Waals surface area contributed by atoms with Gasteiger partial charge in [0.1, 0.15) is 0 Å². The van der Waals surface area contributed by atoms with Crippen LogP contribution in [0.4, 0.5) is 9.59 Å². The van der Waals surface area contributed by atoms with Gasteiger partial charge in [0.15, 0.2) is 0 Å². The Labute approximate surface area is 117 Å². The number of nitrogens with two attached hydrogens (primary N) is 1. The molecule has 5 heteroatoms. The molecule has 0 spiro atoms. The molecule has 0 bridgehead atoms. The van der Waals surface area contributed by atoms with Crippen molar-refractivity contribution in [3.63, 3.8) is 0 Å². The molecule has 112 valence electrons. The van der Waals surface area contributed by atoms with Crippen LogP contribution in [0.2, 0.25) is 0 Å². The molecule has 0 rings (SSSR count). The minimum Gasteiger partial charge on any atom is -0.351 e. The van der Waals surface area contributed by atoms with Gasteiger partial charge in [-0.3, -0.25) is 0 Å². The smallest absolute Gasteiger partial charge is 0.328 e. The molecule has 5 nitrogen and oxygen atoms in total. The summed E-state index contributed by atoms with van der Waals surface area (Å²) in [6.07, 6.45) is 5.69. The summed E-state index contributed by atoms with van der Waals surface area (Å²) >= 11 is 0. The Bertz CT molecular complexity index is 261. The molecule has 0 saturated heterocycles. The summed E-state index contributed by atoms with van der Waals surface area (Å²) in [6, 6.07) is -0.876. The summed E-state index contributed by atoms with van der Waals surface area (Å²) in [5, 5.41) is 0. The van der Waals surface area contributed by atoms with Crippen LogP contribution in [-0.4, -0.2) is 41.5 Å². The van der Waals surface area contributed by atoms with Gasteiger partial charge in [-0.05, 0) is 19.3 Å². The van der Waals surface area contributed by atoms with E-state index in [1.165, 1.54) is 4.90 Å². The molecule has 0 aromatic heterocycles. The summed E-state index contributed by atoms with van der Waals surface area (Å²) in [6.45, 7) is 8.02. The van der Waals surface area contributed by atoms with Crippen LogP contribution in [0.5, 0.6) is 0 Å². The zero-order valence-corrected chi connectivity index (χ0v) is 12.7. The Morgan fingerprint density at radius 1 is 0.842 bits per heavy atom. The highest BCUT2D eigenvalue weighted by Gasteiger charge is 2.23. The lowest BCUT2D eigenvalue weighted by Crippen LogP contribution is -2.49. The average Bonchev–Trinajstić information content (AvgIpc) is 2.38. The summed E-state index contributed by atoms with van der Waals surface area (Å²) in [7, 11) is 0.